The fourth-order valence-corrected chi connectivity index (χ4v) is 2.09. The van der Waals surface area contributed by atoms with Crippen molar-refractivity contribution in [3.8, 4) is 6.07 Å². The number of hydrogen-bond donors (Lipinski definition) is 5. The molecule has 0 saturated carbocycles. The molecule has 6 nitrogen and oxygen atoms in total. The van der Waals surface area contributed by atoms with Gasteiger partial charge in [0.2, 0.25) is 0 Å². The zero-order valence-electron chi connectivity index (χ0n) is 14.8. The molecule has 0 aromatic rings. The standard InChI is InChI=1S/C9H22N2.C7H16N4/c1-8(4-5-10)6-9(2,3)7-11;8-2-1-4-10-6-7-11-5-3-9/h8H,4-7,10-11H2,1-3H3;10-11H,1,3-7,9H2. The Morgan fingerprint density at radius 1 is 1.00 bits per heavy atom. The third-order valence-corrected chi connectivity index (χ3v) is 3.33. The van der Waals surface area contributed by atoms with Crippen molar-refractivity contribution in [3.05, 3.63) is 0 Å². The molecule has 6 heteroatoms. The van der Waals surface area contributed by atoms with Crippen LogP contribution in [0.4, 0.5) is 0 Å². The highest BCUT2D eigenvalue weighted by molar-refractivity contribution is 4.72. The monoisotopic (exact) mass is 314 g/mol. The van der Waals surface area contributed by atoms with Crippen molar-refractivity contribution in [3.63, 3.8) is 0 Å². The minimum Gasteiger partial charge on any atom is -0.330 e. The molecule has 0 aliphatic rings. The van der Waals surface area contributed by atoms with Gasteiger partial charge in [0.05, 0.1) is 6.07 Å². The van der Waals surface area contributed by atoms with Crippen LogP contribution in [0, 0.1) is 22.7 Å². The third kappa shape index (κ3) is 19.3. The van der Waals surface area contributed by atoms with Gasteiger partial charge in [-0.05, 0) is 37.3 Å². The molecule has 0 aromatic heterocycles. The van der Waals surface area contributed by atoms with Gasteiger partial charge in [0, 0.05) is 39.1 Å². The molecule has 1 atom stereocenters. The van der Waals surface area contributed by atoms with Gasteiger partial charge >= 0.3 is 0 Å². The lowest BCUT2D eigenvalue weighted by Crippen LogP contribution is -2.31. The third-order valence-electron chi connectivity index (χ3n) is 3.33. The Hall–Kier alpha value is -0.710. The van der Waals surface area contributed by atoms with Crippen LogP contribution in [0.15, 0.2) is 0 Å². The summed E-state index contributed by atoms with van der Waals surface area (Å²) in [4.78, 5) is 0. The average molecular weight is 315 g/mol. The largest absolute Gasteiger partial charge is 0.330 e. The van der Waals surface area contributed by atoms with Crippen molar-refractivity contribution in [1.29, 1.82) is 5.26 Å². The molecule has 0 radical (unpaired) electrons. The Balaban J connectivity index is 0. The molecule has 132 valence electrons. The Kier molecular flexibility index (Phi) is 17.8. The molecule has 0 rings (SSSR count). The van der Waals surface area contributed by atoms with Gasteiger partial charge in [-0.2, -0.15) is 5.26 Å². The number of nitriles is 1. The predicted molar refractivity (Wildman–Crippen MR) is 95.3 cm³/mol. The van der Waals surface area contributed by atoms with Crippen LogP contribution in [-0.4, -0.2) is 45.8 Å². The van der Waals surface area contributed by atoms with E-state index in [0.717, 1.165) is 45.7 Å². The summed E-state index contributed by atoms with van der Waals surface area (Å²) in [6.07, 6.45) is 2.88. The smallest absolute Gasteiger partial charge is 0.0635 e. The molecule has 22 heavy (non-hydrogen) atoms. The average Bonchev–Trinajstić information content (AvgIpc) is 2.47. The molecule has 0 spiro atoms. The topological polar surface area (TPSA) is 126 Å². The second kappa shape index (κ2) is 16.7. The quantitative estimate of drug-likeness (QED) is 0.332. The fraction of sp³-hybridized carbons (Fsp3) is 0.938. The van der Waals surface area contributed by atoms with Gasteiger partial charge in [0.25, 0.3) is 0 Å². The first-order valence-electron chi connectivity index (χ1n) is 8.32. The van der Waals surface area contributed by atoms with E-state index in [2.05, 4.69) is 37.5 Å². The first kappa shape index (κ1) is 23.6. The van der Waals surface area contributed by atoms with Gasteiger partial charge in [-0.25, -0.2) is 0 Å². The summed E-state index contributed by atoms with van der Waals surface area (Å²) < 4.78 is 0. The van der Waals surface area contributed by atoms with Crippen LogP contribution >= 0.6 is 0 Å². The zero-order valence-corrected chi connectivity index (χ0v) is 14.8. The number of nitrogens with two attached hydrogens (primary N) is 3. The zero-order chi connectivity index (χ0) is 17.3. The van der Waals surface area contributed by atoms with Crippen LogP contribution in [0.25, 0.3) is 0 Å². The number of rotatable bonds is 12. The fourth-order valence-electron chi connectivity index (χ4n) is 2.09. The summed E-state index contributed by atoms with van der Waals surface area (Å²) in [6, 6.07) is 2.07. The highest BCUT2D eigenvalue weighted by atomic mass is 14.9. The minimum atomic E-state index is 0.286. The molecule has 0 aliphatic carbocycles. The molecule has 0 amide bonds. The van der Waals surface area contributed by atoms with Gasteiger partial charge in [-0.3, -0.25) is 0 Å². The normalized spacial score (nSPS) is 12.2. The predicted octanol–water partition coefficient (Wildman–Crippen LogP) is 0.384. The van der Waals surface area contributed by atoms with Gasteiger partial charge < -0.3 is 27.8 Å². The van der Waals surface area contributed by atoms with Crippen molar-refractivity contribution in [2.24, 2.45) is 28.5 Å². The van der Waals surface area contributed by atoms with Crippen molar-refractivity contribution in [1.82, 2.24) is 10.6 Å². The maximum absolute atomic E-state index is 8.18. The van der Waals surface area contributed by atoms with E-state index < -0.39 is 0 Å². The van der Waals surface area contributed by atoms with Crippen LogP contribution < -0.4 is 27.8 Å². The molecule has 8 N–H and O–H groups in total. The van der Waals surface area contributed by atoms with E-state index in [1.807, 2.05) is 0 Å². The van der Waals surface area contributed by atoms with Crippen LogP contribution in [0.1, 0.15) is 40.0 Å². The van der Waals surface area contributed by atoms with Crippen LogP contribution in [0.2, 0.25) is 0 Å². The summed E-state index contributed by atoms with van der Waals surface area (Å²) in [7, 11) is 0. The SMILES string of the molecule is CC(CCN)CC(C)(C)CN.N#CCCNCCNCCN. The highest BCUT2D eigenvalue weighted by Gasteiger charge is 2.18. The molecule has 0 aromatic carbocycles. The first-order valence-corrected chi connectivity index (χ1v) is 8.32. The lowest BCUT2D eigenvalue weighted by atomic mass is 9.82. The number of nitrogens with one attached hydrogen (secondary N) is 2. The minimum absolute atomic E-state index is 0.286. The highest BCUT2D eigenvalue weighted by Crippen LogP contribution is 2.24. The Morgan fingerprint density at radius 3 is 2.05 bits per heavy atom. The number of nitrogens with zero attached hydrogens (tertiary/aromatic N) is 1. The first-order chi connectivity index (χ1) is 10.4. The van der Waals surface area contributed by atoms with Crippen LogP contribution in [0.3, 0.4) is 0 Å². The summed E-state index contributed by atoms with van der Waals surface area (Å²) in [5, 5.41) is 14.4. The van der Waals surface area contributed by atoms with Gasteiger partial charge in [-0.15, -0.1) is 0 Å². The van der Waals surface area contributed by atoms with Crippen LogP contribution in [-0.2, 0) is 0 Å². The molecule has 0 heterocycles. The molecule has 0 saturated heterocycles. The summed E-state index contributed by atoms with van der Waals surface area (Å²) >= 11 is 0. The van der Waals surface area contributed by atoms with E-state index in [1.165, 1.54) is 6.42 Å². The van der Waals surface area contributed by atoms with E-state index in [0.29, 0.717) is 18.9 Å². The Bertz CT molecular complexity index is 262. The maximum atomic E-state index is 8.18. The van der Waals surface area contributed by atoms with E-state index >= 15 is 0 Å². The second-order valence-electron chi connectivity index (χ2n) is 6.45. The lowest BCUT2D eigenvalue weighted by molar-refractivity contribution is 0.279. The summed E-state index contributed by atoms with van der Waals surface area (Å²) in [6.45, 7) is 12.4. The van der Waals surface area contributed by atoms with Crippen molar-refractivity contribution in [2.45, 2.75) is 40.0 Å². The molecule has 0 aliphatic heterocycles. The lowest BCUT2D eigenvalue weighted by Gasteiger charge is -2.25. The molecule has 1 unspecified atom stereocenters. The van der Waals surface area contributed by atoms with Crippen molar-refractivity contribution < 1.29 is 0 Å². The van der Waals surface area contributed by atoms with E-state index in [1.54, 1.807) is 0 Å². The maximum Gasteiger partial charge on any atom is 0.0635 e. The van der Waals surface area contributed by atoms with Crippen molar-refractivity contribution >= 4 is 0 Å². The molecular formula is C16H38N6. The van der Waals surface area contributed by atoms with Crippen molar-refractivity contribution in [2.75, 3.05) is 45.8 Å². The molecule has 0 bridgehead atoms. The summed E-state index contributed by atoms with van der Waals surface area (Å²) in [5.41, 5.74) is 16.6. The van der Waals surface area contributed by atoms with Gasteiger partial charge in [-0.1, -0.05) is 20.8 Å². The number of hydrogen-bond acceptors (Lipinski definition) is 6. The van der Waals surface area contributed by atoms with Crippen LogP contribution in [0.5, 0.6) is 0 Å². The Morgan fingerprint density at radius 2 is 1.59 bits per heavy atom. The van der Waals surface area contributed by atoms with Gasteiger partial charge in [0.1, 0.15) is 0 Å². The van der Waals surface area contributed by atoms with E-state index in [9.17, 15) is 0 Å². The Labute approximate surface area is 137 Å². The summed E-state index contributed by atoms with van der Waals surface area (Å²) in [5.74, 6) is 0.707. The van der Waals surface area contributed by atoms with Gasteiger partial charge in [0.15, 0.2) is 0 Å². The molecule has 0 fully saturated rings. The van der Waals surface area contributed by atoms with E-state index in [-0.39, 0.29) is 5.41 Å². The molecular weight excluding hydrogens is 276 g/mol. The van der Waals surface area contributed by atoms with E-state index in [4.69, 9.17) is 22.5 Å². The second-order valence-corrected chi connectivity index (χ2v) is 6.45.